The van der Waals surface area contributed by atoms with Crippen LogP contribution < -0.4 is 10.6 Å². The lowest BCUT2D eigenvalue weighted by Gasteiger charge is -2.12. The van der Waals surface area contributed by atoms with E-state index in [1.807, 2.05) is 0 Å². The van der Waals surface area contributed by atoms with Crippen LogP contribution >= 0.6 is 0 Å². The molecular formula is C10H10F4N2O. The van der Waals surface area contributed by atoms with Crippen LogP contribution in [0.15, 0.2) is 6.07 Å². The number of hydrogen-bond acceptors (Lipinski definition) is 2. The highest BCUT2D eigenvalue weighted by Crippen LogP contribution is 2.24. The van der Waals surface area contributed by atoms with Crippen molar-refractivity contribution in [3.63, 3.8) is 0 Å². The van der Waals surface area contributed by atoms with Gasteiger partial charge in [-0.05, 0) is 14.0 Å². The summed E-state index contributed by atoms with van der Waals surface area (Å²) < 4.78 is 51.9. The quantitative estimate of drug-likeness (QED) is 0.634. The maximum atomic E-state index is 13.2. The van der Waals surface area contributed by atoms with Gasteiger partial charge in [-0.3, -0.25) is 4.79 Å². The van der Waals surface area contributed by atoms with E-state index >= 15 is 0 Å². The molecule has 0 heterocycles. The number of halogens is 4. The Hall–Kier alpha value is -1.63. The van der Waals surface area contributed by atoms with E-state index in [4.69, 9.17) is 0 Å². The Morgan fingerprint density at radius 2 is 1.65 bits per heavy atom. The molecule has 0 spiro atoms. The number of anilines is 1. The summed E-state index contributed by atoms with van der Waals surface area (Å²) in [6.07, 6.45) is 0. The van der Waals surface area contributed by atoms with Gasteiger partial charge in [0.1, 0.15) is 5.69 Å². The van der Waals surface area contributed by atoms with Crippen molar-refractivity contribution in [2.24, 2.45) is 0 Å². The van der Waals surface area contributed by atoms with Crippen molar-refractivity contribution >= 4 is 11.6 Å². The predicted octanol–water partition coefficient (Wildman–Crippen LogP) is 1.79. The zero-order valence-electron chi connectivity index (χ0n) is 9.07. The summed E-state index contributed by atoms with van der Waals surface area (Å²) in [6.45, 7) is 1.42. The smallest absolute Gasteiger partial charge is 0.241 e. The zero-order valence-corrected chi connectivity index (χ0v) is 9.07. The van der Waals surface area contributed by atoms with Gasteiger partial charge in [0, 0.05) is 6.07 Å². The van der Waals surface area contributed by atoms with Crippen molar-refractivity contribution < 1.29 is 22.4 Å². The highest BCUT2D eigenvalue weighted by Gasteiger charge is 2.22. The number of benzene rings is 1. The third kappa shape index (κ3) is 2.73. The lowest BCUT2D eigenvalue weighted by Crippen LogP contribution is -2.36. The van der Waals surface area contributed by atoms with Crippen LogP contribution in [0.4, 0.5) is 23.2 Å². The maximum Gasteiger partial charge on any atom is 0.241 e. The summed E-state index contributed by atoms with van der Waals surface area (Å²) in [5, 5.41) is 4.29. The molecule has 0 aliphatic rings. The molecule has 2 N–H and O–H groups in total. The largest absolute Gasteiger partial charge is 0.320 e. The first kappa shape index (κ1) is 13.4. The second-order valence-corrected chi connectivity index (χ2v) is 3.34. The topological polar surface area (TPSA) is 41.1 Å². The first-order chi connectivity index (χ1) is 7.88. The molecule has 0 radical (unpaired) electrons. The number of rotatable bonds is 3. The van der Waals surface area contributed by atoms with Crippen LogP contribution in [-0.2, 0) is 4.79 Å². The fraction of sp³-hybridized carbons (Fsp3) is 0.300. The van der Waals surface area contributed by atoms with Gasteiger partial charge in [0.25, 0.3) is 0 Å². The van der Waals surface area contributed by atoms with E-state index in [0.29, 0.717) is 0 Å². The molecule has 0 aliphatic heterocycles. The van der Waals surface area contributed by atoms with Crippen LogP contribution in [-0.4, -0.2) is 19.0 Å². The van der Waals surface area contributed by atoms with Crippen LogP contribution in [0.3, 0.4) is 0 Å². The fourth-order valence-corrected chi connectivity index (χ4v) is 1.05. The minimum absolute atomic E-state index is 0.0713. The van der Waals surface area contributed by atoms with E-state index in [2.05, 4.69) is 5.32 Å². The van der Waals surface area contributed by atoms with E-state index in [0.717, 1.165) is 0 Å². The van der Waals surface area contributed by atoms with E-state index in [1.54, 1.807) is 5.32 Å². The van der Waals surface area contributed by atoms with Crippen molar-refractivity contribution in [3.05, 3.63) is 29.3 Å². The van der Waals surface area contributed by atoms with Gasteiger partial charge in [-0.15, -0.1) is 0 Å². The van der Waals surface area contributed by atoms with Crippen LogP contribution in [0.2, 0.25) is 0 Å². The SMILES string of the molecule is CNC(C)C(=O)Nc1c(F)c(F)cc(F)c1F. The molecule has 1 atom stereocenters. The van der Waals surface area contributed by atoms with Gasteiger partial charge in [0.05, 0.1) is 6.04 Å². The number of nitrogens with one attached hydrogen (secondary N) is 2. The monoisotopic (exact) mass is 250 g/mol. The molecule has 1 aromatic rings. The molecule has 0 aromatic heterocycles. The second-order valence-electron chi connectivity index (χ2n) is 3.34. The molecule has 1 rings (SSSR count). The van der Waals surface area contributed by atoms with E-state index < -0.39 is 40.9 Å². The van der Waals surface area contributed by atoms with Gasteiger partial charge in [0.15, 0.2) is 23.3 Å². The van der Waals surface area contributed by atoms with Crippen molar-refractivity contribution in [1.82, 2.24) is 5.32 Å². The molecule has 3 nitrogen and oxygen atoms in total. The van der Waals surface area contributed by atoms with Gasteiger partial charge in [-0.25, -0.2) is 17.6 Å². The Morgan fingerprint density at radius 3 is 2.06 bits per heavy atom. The van der Waals surface area contributed by atoms with Gasteiger partial charge in [-0.2, -0.15) is 0 Å². The van der Waals surface area contributed by atoms with E-state index in [-0.39, 0.29) is 6.07 Å². The third-order valence-electron chi connectivity index (χ3n) is 2.19. The Morgan fingerprint density at radius 1 is 1.18 bits per heavy atom. The van der Waals surface area contributed by atoms with E-state index in [1.165, 1.54) is 14.0 Å². The molecule has 0 fully saturated rings. The molecule has 1 aromatic carbocycles. The fourth-order valence-electron chi connectivity index (χ4n) is 1.05. The van der Waals surface area contributed by atoms with Gasteiger partial charge < -0.3 is 10.6 Å². The molecule has 94 valence electrons. The van der Waals surface area contributed by atoms with Crippen LogP contribution in [0.25, 0.3) is 0 Å². The highest BCUT2D eigenvalue weighted by atomic mass is 19.2. The lowest BCUT2D eigenvalue weighted by molar-refractivity contribution is -0.117. The minimum atomic E-state index is -1.64. The second kappa shape index (κ2) is 5.13. The molecule has 0 saturated carbocycles. The Bertz CT molecular complexity index is 424. The van der Waals surface area contributed by atoms with Gasteiger partial charge >= 0.3 is 0 Å². The summed E-state index contributed by atoms with van der Waals surface area (Å²) in [5.41, 5.74) is -1.13. The molecule has 0 bridgehead atoms. The van der Waals surface area contributed by atoms with Crippen molar-refractivity contribution in [2.45, 2.75) is 13.0 Å². The predicted molar refractivity (Wildman–Crippen MR) is 53.4 cm³/mol. The molecule has 0 aliphatic carbocycles. The highest BCUT2D eigenvalue weighted by molar-refractivity contribution is 5.94. The summed E-state index contributed by atoms with van der Waals surface area (Å²) >= 11 is 0. The van der Waals surface area contributed by atoms with Gasteiger partial charge in [0.2, 0.25) is 5.91 Å². The zero-order chi connectivity index (χ0) is 13.2. The molecule has 17 heavy (non-hydrogen) atoms. The Labute approximate surface area is 94.8 Å². The number of carbonyl (C=O) groups is 1. The summed E-state index contributed by atoms with van der Waals surface area (Å²) in [6, 6.07) is -0.693. The van der Waals surface area contributed by atoms with Crippen molar-refractivity contribution in [1.29, 1.82) is 0 Å². The van der Waals surface area contributed by atoms with Crippen LogP contribution in [0.1, 0.15) is 6.92 Å². The standard InChI is InChI=1S/C10H10F4N2O/c1-4(15-2)10(17)16-9-7(13)5(11)3-6(12)8(9)14/h3-4,15H,1-2H3,(H,16,17). The molecule has 1 unspecified atom stereocenters. The maximum absolute atomic E-state index is 13.2. The van der Waals surface area contributed by atoms with Crippen LogP contribution in [0.5, 0.6) is 0 Å². The third-order valence-corrected chi connectivity index (χ3v) is 2.19. The molecular weight excluding hydrogens is 240 g/mol. The first-order valence-electron chi connectivity index (χ1n) is 4.69. The van der Waals surface area contributed by atoms with Crippen molar-refractivity contribution in [2.75, 3.05) is 12.4 Å². The Kier molecular flexibility index (Phi) is 4.06. The Balaban J connectivity index is 3.10. The normalized spacial score (nSPS) is 12.4. The summed E-state index contributed by atoms with van der Waals surface area (Å²) in [5.74, 6) is -7.23. The minimum Gasteiger partial charge on any atom is -0.320 e. The van der Waals surface area contributed by atoms with E-state index in [9.17, 15) is 22.4 Å². The van der Waals surface area contributed by atoms with Gasteiger partial charge in [-0.1, -0.05) is 0 Å². The number of carbonyl (C=O) groups excluding carboxylic acids is 1. The molecule has 1 amide bonds. The number of amides is 1. The summed E-state index contributed by atoms with van der Waals surface area (Å²) in [4.78, 5) is 11.3. The average Bonchev–Trinajstić information content (AvgIpc) is 2.30. The van der Waals surface area contributed by atoms with Crippen LogP contribution in [0, 0.1) is 23.3 Å². The summed E-state index contributed by atoms with van der Waals surface area (Å²) in [7, 11) is 1.45. The lowest BCUT2D eigenvalue weighted by atomic mass is 10.2. The number of likely N-dealkylation sites (N-methyl/N-ethyl adjacent to an activating group) is 1. The number of hydrogen-bond donors (Lipinski definition) is 2. The first-order valence-corrected chi connectivity index (χ1v) is 4.69. The molecule has 0 saturated heterocycles. The van der Waals surface area contributed by atoms with Crippen molar-refractivity contribution in [3.8, 4) is 0 Å². The molecule has 7 heteroatoms. The average molecular weight is 250 g/mol.